The van der Waals surface area contributed by atoms with E-state index in [0.29, 0.717) is 24.1 Å². The number of hydrogen-bond acceptors (Lipinski definition) is 5. The van der Waals surface area contributed by atoms with Gasteiger partial charge in [0.2, 0.25) is 11.8 Å². The molecule has 8 heteroatoms. The molecule has 0 radical (unpaired) electrons. The van der Waals surface area contributed by atoms with Gasteiger partial charge in [0.1, 0.15) is 23.4 Å². The summed E-state index contributed by atoms with van der Waals surface area (Å²) < 4.78 is 5.35. The van der Waals surface area contributed by atoms with E-state index in [9.17, 15) is 19.5 Å². The topological polar surface area (TPSA) is 108 Å². The Kier molecular flexibility index (Phi) is 10.7. The molecule has 0 aliphatic carbocycles. The number of phenolic OH excluding ortho intramolecular Hbond substituents is 1. The lowest BCUT2D eigenvalue weighted by molar-refractivity contribution is -0.141. The van der Waals surface area contributed by atoms with Gasteiger partial charge in [-0.25, -0.2) is 4.79 Å². The Morgan fingerprint density at radius 3 is 2.36 bits per heavy atom. The minimum absolute atomic E-state index is 0.0343. The summed E-state index contributed by atoms with van der Waals surface area (Å²) in [6, 6.07) is 3.16. The number of carbonyl (C=O) groups excluding carboxylic acids is 3. The van der Waals surface area contributed by atoms with Crippen LogP contribution in [0.1, 0.15) is 78.0 Å². The van der Waals surface area contributed by atoms with Gasteiger partial charge in [0.15, 0.2) is 0 Å². The summed E-state index contributed by atoms with van der Waals surface area (Å²) in [5, 5.41) is 16.2. The molecular weight excluding hydrogens is 422 g/mol. The Morgan fingerprint density at radius 2 is 1.82 bits per heavy atom. The van der Waals surface area contributed by atoms with Crippen molar-refractivity contribution in [3.63, 3.8) is 0 Å². The first-order chi connectivity index (χ1) is 15.3. The van der Waals surface area contributed by atoms with Crippen LogP contribution in [-0.4, -0.2) is 53.1 Å². The van der Waals surface area contributed by atoms with Crippen molar-refractivity contribution in [3.8, 4) is 5.75 Å². The smallest absolute Gasteiger partial charge is 0.408 e. The number of para-hydroxylation sites is 1. The molecule has 0 saturated carbocycles. The highest BCUT2D eigenvalue weighted by Gasteiger charge is 2.37. The molecule has 3 atom stereocenters. The van der Waals surface area contributed by atoms with Crippen LogP contribution >= 0.6 is 0 Å². The molecular formula is C25H41N3O5. The van der Waals surface area contributed by atoms with Gasteiger partial charge < -0.3 is 25.4 Å². The molecule has 186 valence electrons. The van der Waals surface area contributed by atoms with Gasteiger partial charge in [-0.15, -0.1) is 0 Å². The van der Waals surface area contributed by atoms with Crippen molar-refractivity contribution in [1.29, 1.82) is 0 Å². The number of nitrogens with zero attached hydrogens (tertiary/aromatic N) is 1. The number of rotatable bonds is 10. The zero-order valence-electron chi connectivity index (χ0n) is 21.3. The number of hydrogen-bond donors (Lipinski definition) is 3. The number of phenols is 1. The third kappa shape index (κ3) is 8.26. The molecule has 3 unspecified atom stereocenters. The highest BCUT2D eigenvalue weighted by Crippen LogP contribution is 2.32. The van der Waals surface area contributed by atoms with Crippen LogP contribution in [-0.2, 0) is 14.3 Å². The molecule has 0 fully saturated rings. The van der Waals surface area contributed by atoms with E-state index >= 15 is 0 Å². The summed E-state index contributed by atoms with van der Waals surface area (Å²) in [6.07, 6.45) is 1.64. The Morgan fingerprint density at radius 1 is 1.18 bits per heavy atom. The van der Waals surface area contributed by atoms with E-state index < -0.39 is 29.7 Å². The van der Waals surface area contributed by atoms with Crippen molar-refractivity contribution in [3.05, 3.63) is 29.3 Å². The number of alkyl carbamates (subject to hydrolysis) is 1. The molecule has 3 amide bonds. The largest absolute Gasteiger partial charge is 0.507 e. The number of likely N-dealkylation sites (N-methyl/N-ethyl adjacent to an activating group) is 1. The maximum absolute atomic E-state index is 13.6. The van der Waals surface area contributed by atoms with Gasteiger partial charge in [0, 0.05) is 19.2 Å². The van der Waals surface area contributed by atoms with Gasteiger partial charge in [-0.2, -0.15) is 0 Å². The molecule has 1 aromatic carbocycles. The van der Waals surface area contributed by atoms with Crippen LogP contribution in [0.3, 0.4) is 0 Å². The summed E-state index contributed by atoms with van der Waals surface area (Å²) in [7, 11) is 1.51. The van der Waals surface area contributed by atoms with Crippen molar-refractivity contribution in [2.24, 2.45) is 5.92 Å². The van der Waals surface area contributed by atoms with Crippen molar-refractivity contribution in [2.45, 2.75) is 85.4 Å². The summed E-state index contributed by atoms with van der Waals surface area (Å²) in [5.74, 6) is -1.07. The average molecular weight is 464 g/mol. The van der Waals surface area contributed by atoms with Gasteiger partial charge in [0.05, 0.1) is 0 Å². The van der Waals surface area contributed by atoms with Crippen LogP contribution in [0.4, 0.5) is 4.79 Å². The number of carbonyl (C=O) groups is 3. The Bertz CT molecular complexity index is 819. The fraction of sp³-hybridized carbons (Fsp3) is 0.640. The number of benzene rings is 1. The minimum atomic E-state index is -1.05. The monoisotopic (exact) mass is 463 g/mol. The van der Waals surface area contributed by atoms with Crippen molar-refractivity contribution in [2.75, 3.05) is 13.6 Å². The molecule has 33 heavy (non-hydrogen) atoms. The third-order valence-corrected chi connectivity index (χ3v) is 5.53. The summed E-state index contributed by atoms with van der Waals surface area (Å²) in [6.45, 7) is 13.2. The summed E-state index contributed by atoms with van der Waals surface area (Å²) in [4.78, 5) is 40.5. The second-order valence-electron chi connectivity index (χ2n) is 9.52. The standard InChI is InChI=1S/C25H41N3O5/c1-9-11-15-26-22(30)20(18-14-12-13-17(4)21(18)29)28(8)23(31)19(16(3)10-2)27-24(32)33-25(5,6)7/h12-14,16,19-20,29H,9-11,15H2,1-8H3,(H,26,30)(H,27,32). The quantitative estimate of drug-likeness (QED) is 0.454. The molecule has 1 aromatic rings. The minimum Gasteiger partial charge on any atom is -0.507 e. The van der Waals surface area contributed by atoms with Gasteiger partial charge >= 0.3 is 6.09 Å². The van der Waals surface area contributed by atoms with Gasteiger partial charge in [-0.05, 0) is 45.6 Å². The van der Waals surface area contributed by atoms with Crippen LogP contribution < -0.4 is 10.6 Å². The van der Waals surface area contributed by atoms with Crippen LogP contribution in [0, 0.1) is 12.8 Å². The van der Waals surface area contributed by atoms with Crippen LogP contribution in [0.2, 0.25) is 0 Å². The average Bonchev–Trinajstić information content (AvgIpc) is 2.73. The maximum atomic E-state index is 13.6. The molecule has 3 N–H and O–H groups in total. The highest BCUT2D eigenvalue weighted by molar-refractivity contribution is 5.92. The number of ether oxygens (including phenoxy) is 1. The summed E-state index contributed by atoms with van der Waals surface area (Å²) in [5.41, 5.74) is 0.221. The highest BCUT2D eigenvalue weighted by atomic mass is 16.6. The lowest BCUT2D eigenvalue weighted by Gasteiger charge is -2.34. The lowest BCUT2D eigenvalue weighted by Crippen LogP contribution is -2.54. The fourth-order valence-corrected chi connectivity index (χ4v) is 3.38. The first kappa shape index (κ1) is 28.3. The lowest BCUT2D eigenvalue weighted by atomic mass is 9.95. The van der Waals surface area contributed by atoms with Crippen LogP contribution in [0.15, 0.2) is 18.2 Å². The van der Waals surface area contributed by atoms with Crippen molar-refractivity contribution >= 4 is 17.9 Å². The van der Waals surface area contributed by atoms with E-state index in [0.717, 1.165) is 12.8 Å². The molecule has 0 aromatic heterocycles. The van der Waals surface area contributed by atoms with Gasteiger partial charge in [-0.1, -0.05) is 51.8 Å². The third-order valence-electron chi connectivity index (χ3n) is 5.53. The van der Waals surface area contributed by atoms with E-state index in [-0.39, 0.29) is 17.6 Å². The Labute approximate surface area is 198 Å². The Balaban J connectivity index is 3.31. The van der Waals surface area contributed by atoms with E-state index in [4.69, 9.17) is 4.74 Å². The second kappa shape index (κ2) is 12.5. The molecule has 0 aliphatic rings. The van der Waals surface area contributed by atoms with Gasteiger partial charge in [-0.3, -0.25) is 9.59 Å². The van der Waals surface area contributed by atoms with Gasteiger partial charge in [0.25, 0.3) is 0 Å². The number of aromatic hydroxyl groups is 1. The normalized spacial score (nSPS) is 14.1. The molecule has 8 nitrogen and oxygen atoms in total. The molecule has 0 heterocycles. The zero-order chi connectivity index (χ0) is 25.3. The molecule has 0 bridgehead atoms. The van der Waals surface area contributed by atoms with Crippen LogP contribution in [0.25, 0.3) is 0 Å². The van der Waals surface area contributed by atoms with Crippen LogP contribution in [0.5, 0.6) is 5.75 Å². The predicted octanol–water partition coefficient (Wildman–Crippen LogP) is 4.06. The predicted molar refractivity (Wildman–Crippen MR) is 129 cm³/mol. The number of amides is 3. The number of nitrogens with one attached hydrogen (secondary N) is 2. The summed E-state index contributed by atoms with van der Waals surface area (Å²) >= 11 is 0. The number of unbranched alkanes of at least 4 members (excludes halogenated alkanes) is 1. The zero-order valence-corrected chi connectivity index (χ0v) is 21.3. The molecule has 0 spiro atoms. The fourth-order valence-electron chi connectivity index (χ4n) is 3.38. The van der Waals surface area contributed by atoms with E-state index in [1.165, 1.54) is 11.9 Å². The van der Waals surface area contributed by atoms with E-state index in [1.807, 2.05) is 20.8 Å². The van der Waals surface area contributed by atoms with Crippen molar-refractivity contribution in [1.82, 2.24) is 15.5 Å². The second-order valence-corrected chi connectivity index (χ2v) is 9.52. The van der Waals surface area contributed by atoms with Crippen molar-refractivity contribution < 1.29 is 24.2 Å². The first-order valence-electron chi connectivity index (χ1n) is 11.7. The SMILES string of the molecule is CCCCNC(=O)C(c1cccc(C)c1O)N(C)C(=O)C(NC(=O)OC(C)(C)C)C(C)CC. The Hall–Kier alpha value is -2.77. The van der Waals surface area contributed by atoms with E-state index in [2.05, 4.69) is 10.6 Å². The molecule has 0 aliphatic heterocycles. The molecule has 1 rings (SSSR count). The number of aryl methyl sites for hydroxylation is 1. The van der Waals surface area contributed by atoms with E-state index in [1.54, 1.807) is 45.9 Å². The maximum Gasteiger partial charge on any atom is 0.408 e. The first-order valence-corrected chi connectivity index (χ1v) is 11.7. The molecule has 0 saturated heterocycles.